The second-order valence-electron chi connectivity index (χ2n) is 13.5. The van der Waals surface area contributed by atoms with Gasteiger partial charge in [0.2, 0.25) is 0 Å². The second-order valence-corrected chi connectivity index (χ2v) is 13.9. The van der Waals surface area contributed by atoms with E-state index in [2.05, 4.69) is 34.4 Å². The third-order valence-corrected chi connectivity index (χ3v) is 10.3. The van der Waals surface area contributed by atoms with Gasteiger partial charge in [0.1, 0.15) is 17.0 Å². The summed E-state index contributed by atoms with van der Waals surface area (Å²) in [6, 6.07) is 13.0. The average Bonchev–Trinajstić information content (AvgIpc) is 3.21. The van der Waals surface area contributed by atoms with Gasteiger partial charge >= 0.3 is 0 Å². The number of nitrogens with zero attached hydrogens (tertiary/aromatic N) is 4. The minimum atomic E-state index is -1.03. The highest BCUT2D eigenvalue weighted by molar-refractivity contribution is 6.30. The summed E-state index contributed by atoms with van der Waals surface area (Å²) in [5.74, 6) is 1.29. The smallest absolute Gasteiger partial charge is 0.292 e. The SMILES string of the molecule is CC1(c2ccc(Cl)cn2)Oc2cccc(N3CCC4(CC3)CC4c3nc4c(F)cc(N)cc4n3[C@@H]3COCC3(C)C)c2O1. The van der Waals surface area contributed by atoms with Gasteiger partial charge in [-0.2, -0.15) is 0 Å². The Morgan fingerprint density at radius 1 is 1.07 bits per heavy atom. The van der Waals surface area contributed by atoms with Gasteiger partial charge in [0.15, 0.2) is 17.3 Å². The van der Waals surface area contributed by atoms with Crippen molar-refractivity contribution in [2.24, 2.45) is 10.8 Å². The van der Waals surface area contributed by atoms with Gasteiger partial charge in [-0.15, -0.1) is 0 Å². The lowest BCUT2D eigenvalue weighted by Crippen LogP contribution is -2.36. The Labute approximate surface area is 254 Å². The van der Waals surface area contributed by atoms with Gasteiger partial charge < -0.3 is 29.4 Å². The van der Waals surface area contributed by atoms with E-state index in [9.17, 15) is 0 Å². The summed E-state index contributed by atoms with van der Waals surface area (Å²) in [5, 5.41) is 0.564. The lowest BCUT2D eigenvalue weighted by molar-refractivity contribution is -0.0716. The number of nitrogens with two attached hydrogens (primary N) is 1. The molecule has 10 heteroatoms. The van der Waals surface area contributed by atoms with Crippen molar-refractivity contribution in [3.63, 3.8) is 0 Å². The monoisotopic (exact) mass is 603 g/mol. The van der Waals surface area contributed by atoms with Crippen LogP contribution in [0.2, 0.25) is 5.02 Å². The van der Waals surface area contributed by atoms with E-state index in [0.29, 0.717) is 40.9 Å². The number of aromatic nitrogens is 3. The maximum absolute atomic E-state index is 15.1. The Kier molecular flexibility index (Phi) is 5.80. The van der Waals surface area contributed by atoms with Gasteiger partial charge in [-0.3, -0.25) is 4.98 Å². The molecule has 1 spiro atoms. The molecule has 3 fully saturated rings. The Morgan fingerprint density at radius 2 is 1.88 bits per heavy atom. The topological polar surface area (TPSA) is 87.7 Å². The molecule has 4 aromatic rings. The Hall–Kier alpha value is -3.56. The number of imidazole rings is 1. The molecule has 0 radical (unpaired) electrons. The van der Waals surface area contributed by atoms with Crippen molar-refractivity contribution in [3.05, 3.63) is 71.0 Å². The van der Waals surface area contributed by atoms with Crippen LogP contribution < -0.4 is 20.1 Å². The van der Waals surface area contributed by atoms with E-state index < -0.39 is 5.79 Å². The molecule has 8 nitrogen and oxygen atoms in total. The summed E-state index contributed by atoms with van der Waals surface area (Å²) in [5.41, 5.74) is 9.43. The molecule has 2 aromatic carbocycles. The van der Waals surface area contributed by atoms with Gasteiger partial charge in [-0.05, 0) is 61.1 Å². The Bertz CT molecular complexity index is 1750. The molecule has 0 amide bonds. The molecule has 2 saturated heterocycles. The number of hydrogen-bond donors (Lipinski definition) is 1. The van der Waals surface area contributed by atoms with E-state index in [1.165, 1.54) is 6.07 Å². The zero-order chi connectivity index (χ0) is 29.7. The first-order valence-corrected chi connectivity index (χ1v) is 15.4. The van der Waals surface area contributed by atoms with Crippen LogP contribution in [-0.4, -0.2) is 40.8 Å². The van der Waals surface area contributed by atoms with Crippen molar-refractivity contribution >= 4 is 34.0 Å². The molecule has 2 unspecified atom stereocenters. The third-order valence-electron chi connectivity index (χ3n) is 10.1. The van der Waals surface area contributed by atoms with Crippen LogP contribution in [0.5, 0.6) is 11.5 Å². The van der Waals surface area contributed by atoms with E-state index in [4.69, 9.17) is 36.5 Å². The highest BCUT2D eigenvalue weighted by Crippen LogP contribution is 2.66. The van der Waals surface area contributed by atoms with E-state index in [1.54, 1.807) is 12.3 Å². The molecule has 8 rings (SSSR count). The van der Waals surface area contributed by atoms with Crippen molar-refractivity contribution < 1.29 is 18.6 Å². The number of halogens is 2. The average molecular weight is 604 g/mol. The normalized spacial score (nSPS) is 26.9. The first-order valence-electron chi connectivity index (χ1n) is 15.0. The summed E-state index contributed by atoms with van der Waals surface area (Å²) < 4.78 is 36.1. The minimum absolute atomic E-state index is 0.0694. The van der Waals surface area contributed by atoms with Gasteiger partial charge in [-0.25, -0.2) is 9.37 Å². The summed E-state index contributed by atoms with van der Waals surface area (Å²) in [7, 11) is 0. The molecule has 224 valence electrons. The number of pyridine rings is 1. The van der Waals surface area contributed by atoms with Crippen molar-refractivity contribution in [3.8, 4) is 11.5 Å². The van der Waals surface area contributed by atoms with Crippen molar-refractivity contribution in [1.82, 2.24) is 14.5 Å². The number of fused-ring (bicyclic) bond motifs is 2. The molecule has 4 aliphatic rings. The molecule has 0 bridgehead atoms. The van der Waals surface area contributed by atoms with Crippen LogP contribution >= 0.6 is 11.6 Å². The molecule has 3 aliphatic heterocycles. The maximum Gasteiger partial charge on any atom is 0.292 e. The molecule has 1 aliphatic carbocycles. The first kappa shape index (κ1) is 27.0. The minimum Gasteiger partial charge on any atom is -0.443 e. The fraction of sp³-hybridized carbons (Fsp3) is 0.455. The fourth-order valence-electron chi connectivity index (χ4n) is 7.51. The summed E-state index contributed by atoms with van der Waals surface area (Å²) in [6.07, 6.45) is 4.67. The highest BCUT2D eigenvalue weighted by Gasteiger charge is 2.58. The molecule has 43 heavy (non-hydrogen) atoms. The molecule has 2 aromatic heterocycles. The van der Waals surface area contributed by atoms with Gasteiger partial charge in [0.25, 0.3) is 5.79 Å². The summed E-state index contributed by atoms with van der Waals surface area (Å²) in [4.78, 5) is 11.8. The largest absolute Gasteiger partial charge is 0.443 e. The number of para-hydroxylation sites is 1. The van der Waals surface area contributed by atoms with E-state index in [0.717, 1.165) is 55.1 Å². The van der Waals surface area contributed by atoms with Crippen LogP contribution in [0, 0.1) is 16.6 Å². The molecule has 5 heterocycles. The third kappa shape index (κ3) is 4.18. The first-order chi connectivity index (χ1) is 20.6. The number of benzene rings is 2. The molecular formula is C33H35ClFN5O3. The van der Waals surface area contributed by atoms with Crippen LogP contribution in [0.1, 0.15) is 63.5 Å². The Balaban J connectivity index is 1.06. The zero-order valence-electron chi connectivity index (χ0n) is 24.6. The number of piperidine rings is 1. The predicted octanol–water partition coefficient (Wildman–Crippen LogP) is 6.82. The van der Waals surface area contributed by atoms with Crippen molar-refractivity contribution in [2.45, 2.75) is 57.8 Å². The summed E-state index contributed by atoms with van der Waals surface area (Å²) >= 11 is 6.06. The molecule has 3 atom stereocenters. The number of hydrogen-bond acceptors (Lipinski definition) is 7. The van der Waals surface area contributed by atoms with Crippen molar-refractivity contribution in [1.29, 1.82) is 0 Å². The van der Waals surface area contributed by atoms with Crippen LogP contribution in [-0.2, 0) is 10.5 Å². The standard InChI is InChI=1S/C33H35ClFN5O3/c1-31(2)18-41-17-27(31)40-24-14-20(36)13-22(35)28(24)38-30(40)21-15-33(21)9-11-39(12-10-33)23-5-4-6-25-29(23)43-32(3,42-25)26-8-7-19(34)16-37-26/h4-8,13-14,16,21,27H,9-12,15,17-18,36H2,1-3H3/t21?,27-,32?/m1/s1. The number of ether oxygens (including phenoxy) is 3. The van der Waals surface area contributed by atoms with Gasteiger partial charge in [0.05, 0.1) is 35.5 Å². The molecular weight excluding hydrogens is 569 g/mol. The molecule has 2 N–H and O–H groups in total. The number of nitrogen functional groups attached to an aromatic ring is 1. The quantitative estimate of drug-likeness (QED) is 0.256. The number of rotatable bonds is 4. The zero-order valence-corrected chi connectivity index (χ0v) is 25.3. The Morgan fingerprint density at radius 3 is 2.60 bits per heavy atom. The van der Waals surface area contributed by atoms with E-state index in [-0.39, 0.29) is 28.6 Å². The van der Waals surface area contributed by atoms with Crippen LogP contribution in [0.4, 0.5) is 15.8 Å². The van der Waals surface area contributed by atoms with Gasteiger partial charge in [-0.1, -0.05) is 31.5 Å². The maximum atomic E-state index is 15.1. The highest BCUT2D eigenvalue weighted by atomic mass is 35.5. The van der Waals surface area contributed by atoms with Crippen molar-refractivity contribution in [2.75, 3.05) is 36.9 Å². The van der Waals surface area contributed by atoms with Gasteiger partial charge in [0, 0.05) is 43.2 Å². The van der Waals surface area contributed by atoms with E-state index >= 15 is 4.39 Å². The number of anilines is 2. The second kappa shape index (κ2) is 9.22. The van der Waals surface area contributed by atoms with Crippen LogP contribution in [0.15, 0.2) is 48.7 Å². The van der Waals surface area contributed by atoms with E-state index in [1.807, 2.05) is 31.2 Å². The lowest BCUT2D eigenvalue weighted by Gasteiger charge is -2.35. The predicted molar refractivity (Wildman–Crippen MR) is 163 cm³/mol. The lowest BCUT2D eigenvalue weighted by atomic mass is 9.87. The summed E-state index contributed by atoms with van der Waals surface area (Å²) in [6.45, 7) is 9.31. The molecule has 1 saturated carbocycles. The van der Waals surface area contributed by atoms with Crippen LogP contribution in [0.3, 0.4) is 0 Å². The van der Waals surface area contributed by atoms with Crippen LogP contribution in [0.25, 0.3) is 11.0 Å². The fourth-order valence-corrected chi connectivity index (χ4v) is 7.62.